The minimum atomic E-state index is -0.465. The van der Waals surface area contributed by atoms with Crippen molar-refractivity contribution in [1.29, 1.82) is 0 Å². The van der Waals surface area contributed by atoms with Crippen molar-refractivity contribution in [2.24, 2.45) is 7.05 Å². The molecule has 0 saturated heterocycles. The Morgan fingerprint density at radius 2 is 1.85 bits per heavy atom. The summed E-state index contributed by atoms with van der Waals surface area (Å²) in [6.45, 7) is 4.80. The third kappa shape index (κ3) is 4.46. The third-order valence-electron chi connectivity index (χ3n) is 5.59. The number of rotatable bonds is 8. The first kappa shape index (κ1) is 22.9. The Hall–Kier alpha value is -3.30. The van der Waals surface area contributed by atoms with Crippen LogP contribution in [0.4, 0.5) is 5.69 Å². The van der Waals surface area contributed by atoms with Gasteiger partial charge in [0.2, 0.25) is 5.91 Å². The molecule has 0 unspecified atom stereocenters. The van der Waals surface area contributed by atoms with Gasteiger partial charge in [-0.05, 0) is 38.1 Å². The van der Waals surface area contributed by atoms with Gasteiger partial charge in [-0.25, -0.2) is 9.67 Å². The Balaban J connectivity index is 1.58. The number of imidazole rings is 1. The number of nitrogens with zero attached hydrogens (tertiary/aromatic N) is 4. The van der Waals surface area contributed by atoms with Crippen LogP contribution in [0, 0.1) is 6.92 Å². The van der Waals surface area contributed by atoms with Crippen LogP contribution in [-0.4, -0.2) is 43.8 Å². The molecule has 0 saturated carbocycles. The van der Waals surface area contributed by atoms with E-state index in [2.05, 4.69) is 9.88 Å². The molecule has 2 heterocycles. The molecule has 0 aliphatic rings. The highest BCUT2D eigenvalue weighted by atomic mass is 32.2. The molecular weight excluding hydrogens is 438 g/mol. The number of aromatic nitrogens is 4. The van der Waals surface area contributed by atoms with E-state index in [4.69, 9.17) is 9.72 Å². The van der Waals surface area contributed by atoms with Gasteiger partial charge >= 0.3 is 0 Å². The van der Waals surface area contributed by atoms with Crippen LogP contribution < -0.4 is 10.9 Å². The van der Waals surface area contributed by atoms with Gasteiger partial charge in [0.1, 0.15) is 5.69 Å². The molecule has 0 bridgehead atoms. The molecule has 0 aliphatic heterocycles. The average Bonchev–Trinajstić information content (AvgIpc) is 3.27. The zero-order valence-electron chi connectivity index (χ0n) is 19.1. The minimum absolute atomic E-state index is 0.253. The lowest BCUT2D eigenvalue weighted by Crippen LogP contribution is -2.27. The molecule has 8 nitrogen and oxygen atoms in total. The number of fused-ring (bicyclic) bond motifs is 1. The van der Waals surface area contributed by atoms with E-state index in [-0.39, 0.29) is 17.2 Å². The number of benzene rings is 2. The zero-order valence-corrected chi connectivity index (χ0v) is 19.9. The standard InChI is InChI=1S/C24H27N5O3S/c1-16-21(23(31)29(27(16)3)18-10-6-5-7-11-18)26-22(30)17(2)33-24-25-19-12-8-9-13-20(19)28(24)14-15-32-4/h5-13,17H,14-15H2,1-4H3,(H,26,30)/t17-/m1/s1. The summed E-state index contributed by atoms with van der Waals surface area (Å²) in [5, 5.41) is 3.12. The number of ether oxygens (including phenoxy) is 1. The number of hydrogen-bond donors (Lipinski definition) is 1. The van der Waals surface area contributed by atoms with Gasteiger partial charge in [0.15, 0.2) is 5.16 Å². The predicted octanol–water partition coefficient (Wildman–Crippen LogP) is 3.60. The van der Waals surface area contributed by atoms with Crippen LogP contribution in [0.3, 0.4) is 0 Å². The van der Waals surface area contributed by atoms with Crippen molar-refractivity contribution in [2.45, 2.75) is 30.8 Å². The highest BCUT2D eigenvalue weighted by Gasteiger charge is 2.23. The van der Waals surface area contributed by atoms with E-state index >= 15 is 0 Å². The normalized spacial score (nSPS) is 12.2. The first-order chi connectivity index (χ1) is 15.9. The average molecular weight is 466 g/mol. The van der Waals surface area contributed by atoms with Crippen LogP contribution in [-0.2, 0) is 23.1 Å². The summed E-state index contributed by atoms with van der Waals surface area (Å²) in [5.41, 5.74) is 3.30. The monoisotopic (exact) mass is 465 g/mol. The van der Waals surface area contributed by atoms with Crippen molar-refractivity contribution < 1.29 is 9.53 Å². The molecule has 2 aromatic carbocycles. The number of nitrogens with one attached hydrogen (secondary N) is 1. The molecular formula is C24H27N5O3S. The zero-order chi connectivity index (χ0) is 23.5. The fraction of sp³-hybridized carbons (Fsp3) is 0.292. The number of carbonyl (C=O) groups excluding carboxylic acids is 1. The summed E-state index contributed by atoms with van der Waals surface area (Å²) in [5.74, 6) is -0.253. The van der Waals surface area contributed by atoms with Gasteiger partial charge in [-0.1, -0.05) is 42.1 Å². The molecule has 4 rings (SSSR count). The summed E-state index contributed by atoms with van der Waals surface area (Å²) in [6.07, 6.45) is 0. The van der Waals surface area contributed by atoms with Gasteiger partial charge < -0.3 is 14.6 Å². The summed E-state index contributed by atoms with van der Waals surface area (Å²) in [7, 11) is 3.46. The molecule has 4 aromatic rings. The van der Waals surface area contributed by atoms with Crippen molar-refractivity contribution in [3.8, 4) is 5.69 Å². The Labute approximate surface area is 196 Å². The molecule has 2 aromatic heterocycles. The summed E-state index contributed by atoms with van der Waals surface area (Å²) in [6, 6.07) is 17.2. The van der Waals surface area contributed by atoms with Crippen LogP contribution in [0.15, 0.2) is 64.5 Å². The molecule has 33 heavy (non-hydrogen) atoms. The second kappa shape index (κ2) is 9.68. The van der Waals surface area contributed by atoms with E-state index in [0.717, 1.165) is 21.9 Å². The van der Waals surface area contributed by atoms with Gasteiger partial charge in [0.25, 0.3) is 5.56 Å². The lowest BCUT2D eigenvalue weighted by atomic mass is 10.3. The summed E-state index contributed by atoms with van der Waals surface area (Å²) >= 11 is 1.36. The maximum atomic E-state index is 13.1. The first-order valence-electron chi connectivity index (χ1n) is 10.7. The lowest BCUT2D eigenvalue weighted by Gasteiger charge is -2.13. The van der Waals surface area contributed by atoms with E-state index in [0.29, 0.717) is 18.8 Å². The highest BCUT2D eigenvalue weighted by molar-refractivity contribution is 8.00. The maximum absolute atomic E-state index is 13.1. The van der Waals surface area contributed by atoms with E-state index in [1.54, 1.807) is 23.5 Å². The Morgan fingerprint density at radius 1 is 1.15 bits per heavy atom. The van der Waals surface area contributed by atoms with Gasteiger partial charge in [-0.2, -0.15) is 0 Å². The number of carbonyl (C=O) groups is 1. The number of methoxy groups -OCH3 is 1. The fourth-order valence-corrected chi connectivity index (χ4v) is 4.64. The summed E-state index contributed by atoms with van der Waals surface area (Å²) in [4.78, 5) is 30.9. The van der Waals surface area contributed by atoms with Crippen molar-refractivity contribution in [2.75, 3.05) is 19.0 Å². The number of amides is 1. The number of thioether (sulfide) groups is 1. The highest BCUT2D eigenvalue weighted by Crippen LogP contribution is 2.28. The van der Waals surface area contributed by atoms with Crippen LogP contribution in [0.5, 0.6) is 0 Å². The molecule has 1 amide bonds. The molecule has 172 valence electrons. The predicted molar refractivity (Wildman–Crippen MR) is 131 cm³/mol. The van der Waals surface area contributed by atoms with Gasteiger partial charge in [0.05, 0.1) is 34.3 Å². The van der Waals surface area contributed by atoms with Gasteiger partial charge in [-0.15, -0.1) is 0 Å². The molecule has 0 fully saturated rings. The Bertz CT molecular complexity index is 1340. The first-order valence-corrected chi connectivity index (χ1v) is 11.6. The topological polar surface area (TPSA) is 83.1 Å². The number of hydrogen-bond acceptors (Lipinski definition) is 5. The van der Waals surface area contributed by atoms with Crippen molar-refractivity contribution in [3.05, 3.63) is 70.6 Å². The minimum Gasteiger partial charge on any atom is -0.383 e. The Morgan fingerprint density at radius 3 is 2.58 bits per heavy atom. The second-order valence-corrected chi connectivity index (χ2v) is 9.02. The quantitative estimate of drug-likeness (QED) is 0.402. The SMILES string of the molecule is COCCn1c(S[C@H](C)C(=O)Nc2c(C)n(C)n(-c3ccccc3)c2=O)nc2ccccc21. The second-order valence-electron chi connectivity index (χ2n) is 7.71. The van der Waals surface area contributed by atoms with Crippen LogP contribution in [0.2, 0.25) is 0 Å². The number of anilines is 1. The molecule has 1 atom stereocenters. The van der Waals surface area contributed by atoms with Crippen LogP contribution in [0.25, 0.3) is 16.7 Å². The lowest BCUT2D eigenvalue weighted by molar-refractivity contribution is -0.115. The van der Waals surface area contributed by atoms with Crippen molar-refractivity contribution in [1.82, 2.24) is 18.9 Å². The van der Waals surface area contributed by atoms with Crippen molar-refractivity contribution >= 4 is 34.4 Å². The molecule has 0 radical (unpaired) electrons. The molecule has 9 heteroatoms. The Kier molecular flexibility index (Phi) is 6.71. The van der Waals surface area contributed by atoms with Crippen molar-refractivity contribution in [3.63, 3.8) is 0 Å². The largest absolute Gasteiger partial charge is 0.383 e. The molecule has 0 aliphatic carbocycles. The molecule has 1 N–H and O–H groups in total. The maximum Gasteiger partial charge on any atom is 0.295 e. The van der Waals surface area contributed by atoms with E-state index in [1.165, 1.54) is 11.8 Å². The third-order valence-corrected chi connectivity index (χ3v) is 6.68. The molecule has 0 spiro atoms. The van der Waals surface area contributed by atoms with Gasteiger partial charge in [-0.3, -0.25) is 14.3 Å². The van der Waals surface area contributed by atoms with Crippen LogP contribution >= 0.6 is 11.8 Å². The number of para-hydroxylation sites is 3. The summed E-state index contributed by atoms with van der Waals surface area (Å²) < 4.78 is 10.6. The van der Waals surface area contributed by atoms with Gasteiger partial charge in [0, 0.05) is 20.7 Å². The van der Waals surface area contributed by atoms with Crippen LogP contribution in [0.1, 0.15) is 12.6 Å². The smallest absolute Gasteiger partial charge is 0.295 e. The van der Waals surface area contributed by atoms with E-state index < -0.39 is 5.25 Å². The fourth-order valence-electron chi connectivity index (χ4n) is 3.69. The van der Waals surface area contributed by atoms with E-state index in [1.807, 2.05) is 68.4 Å². The van der Waals surface area contributed by atoms with E-state index in [9.17, 15) is 9.59 Å².